The van der Waals surface area contributed by atoms with Crippen molar-refractivity contribution in [3.63, 3.8) is 0 Å². The van der Waals surface area contributed by atoms with Crippen LogP contribution in [0.5, 0.6) is 0 Å². The van der Waals surface area contributed by atoms with E-state index in [-0.39, 0.29) is 4.90 Å². The zero-order valence-electron chi connectivity index (χ0n) is 14.8. The van der Waals surface area contributed by atoms with Crippen molar-refractivity contribution in [1.29, 1.82) is 0 Å². The van der Waals surface area contributed by atoms with E-state index < -0.39 is 40.4 Å². The van der Waals surface area contributed by atoms with Gasteiger partial charge in [0.1, 0.15) is 11.9 Å². The number of halogens is 1. The third-order valence-electron chi connectivity index (χ3n) is 3.66. The standard InChI is InChI=1S/C18H19FN2O5S/c1-13(20-27(24,25)16-10-8-14(19)9-11-16)18(23)26-12-17(22)21(2)15-6-4-3-5-7-15/h3-11,13,20H,12H2,1-2H3/t13-/m0/s1. The average molecular weight is 394 g/mol. The summed E-state index contributed by atoms with van der Waals surface area (Å²) in [5, 5.41) is 0. The quantitative estimate of drug-likeness (QED) is 0.722. The van der Waals surface area contributed by atoms with E-state index in [1.165, 1.54) is 18.9 Å². The van der Waals surface area contributed by atoms with Crippen LogP contribution in [0.15, 0.2) is 59.5 Å². The highest BCUT2D eigenvalue weighted by Crippen LogP contribution is 2.12. The van der Waals surface area contributed by atoms with Crippen LogP contribution in [0.25, 0.3) is 0 Å². The Morgan fingerprint density at radius 1 is 1.11 bits per heavy atom. The summed E-state index contributed by atoms with van der Waals surface area (Å²) in [6.45, 7) is 0.752. The van der Waals surface area contributed by atoms with Gasteiger partial charge in [-0.15, -0.1) is 0 Å². The van der Waals surface area contributed by atoms with Crippen molar-refractivity contribution in [1.82, 2.24) is 4.72 Å². The highest BCUT2D eigenvalue weighted by molar-refractivity contribution is 7.89. The fourth-order valence-electron chi connectivity index (χ4n) is 2.11. The van der Waals surface area contributed by atoms with Gasteiger partial charge in [0.2, 0.25) is 10.0 Å². The molecular weight excluding hydrogens is 375 g/mol. The van der Waals surface area contributed by atoms with Gasteiger partial charge in [0.05, 0.1) is 4.90 Å². The van der Waals surface area contributed by atoms with Crippen molar-refractivity contribution in [3.05, 3.63) is 60.4 Å². The fraction of sp³-hybridized carbons (Fsp3) is 0.222. The molecule has 0 aliphatic heterocycles. The largest absolute Gasteiger partial charge is 0.454 e. The molecule has 7 nitrogen and oxygen atoms in total. The molecule has 1 atom stereocenters. The van der Waals surface area contributed by atoms with Crippen molar-refractivity contribution in [2.24, 2.45) is 0 Å². The zero-order chi connectivity index (χ0) is 20.0. The highest BCUT2D eigenvalue weighted by Gasteiger charge is 2.24. The van der Waals surface area contributed by atoms with Crippen molar-refractivity contribution >= 4 is 27.6 Å². The minimum absolute atomic E-state index is 0.191. The second-order valence-corrected chi connectivity index (χ2v) is 7.41. The maximum Gasteiger partial charge on any atom is 0.324 e. The number of carbonyl (C=O) groups excluding carboxylic acids is 2. The molecule has 27 heavy (non-hydrogen) atoms. The van der Waals surface area contributed by atoms with Gasteiger partial charge in [-0.1, -0.05) is 18.2 Å². The molecular formula is C18H19FN2O5S. The number of hydrogen-bond donors (Lipinski definition) is 1. The lowest BCUT2D eigenvalue weighted by Crippen LogP contribution is -2.41. The second-order valence-electron chi connectivity index (χ2n) is 5.69. The van der Waals surface area contributed by atoms with E-state index in [4.69, 9.17) is 4.74 Å². The molecule has 9 heteroatoms. The maximum absolute atomic E-state index is 12.9. The van der Waals surface area contributed by atoms with Crippen LogP contribution < -0.4 is 9.62 Å². The smallest absolute Gasteiger partial charge is 0.324 e. The van der Waals surface area contributed by atoms with E-state index in [9.17, 15) is 22.4 Å². The summed E-state index contributed by atoms with van der Waals surface area (Å²) >= 11 is 0. The highest BCUT2D eigenvalue weighted by atomic mass is 32.2. The first-order chi connectivity index (χ1) is 12.7. The molecule has 0 aromatic heterocycles. The Balaban J connectivity index is 1.91. The summed E-state index contributed by atoms with van der Waals surface area (Å²) in [4.78, 5) is 25.2. The molecule has 0 spiro atoms. The second kappa shape index (κ2) is 8.74. The number of nitrogens with zero attached hydrogens (tertiary/aromatic N) is 1. The number of nitrogens with one attached hydrogen (secondary N) is 1. The van der Waals surface area contributed by atoms with Crippen molar-refractivity contribution in [2.75, 3.05) is 18.6 Å². The molecule has 2 aromatic rings. The summed E-state index contributed by atoms with van der Waals surface area (Å²) in [5.41, 5.74) is 0.628. The van der Waals surface area contributed by atoms with E-state index >= 15 is 0 Å². The summed E-state index contributed by atoms with van der Waals surface area (Å²) in [5.74, 6) is -1.96. The molecule has 0 saturated carbocycles. The van der Waals surface area contributed by atoms with Gasteiger partial charge in [0.15, 0.2) is 6.61 Å². The number of likely N-dealkylation sites (N-methyl/N-ethyl adjacent to an activating group) is 1. The Hall–Kier alpha value is -2.78. The third-order valence-corrected chi connectivity index (χ3v) is 5.22. The number of rotatable bonds is 7. The van der Waals surface area contributed by atoms with Crippen molar-refractivity contribution < 1.29 is 27.1 Å². The first kappa shape index (κ1) is 20.5. The number of anilines is 1. The average Bonchev–Trinajstić information content (AvgIpc) is 2.65. The molecule has 144 valence electrons. The monoisotopic (exact) mass is 394 g/mol. The summed E-state index contributed by atoms with van der Waals surface area (Å²) in [7, 11) is -2.50. The van der Waals surface area contributed by atoms with Gasteiger partial charge in [-0.05, 0) is 43.3 Å². The third kappa shape index (κ3) is 5.60. The summed E-state index contributed by atoms with van der Waals surface area (Å²) in [6.07, 6.45) is 0. The number of sulfonamides is 1. The predicted molar refractivity (Wildman–Crippen MR) is 97.0 cm³/mol. The van der Waals surface area contributed by atoms with Crippen molar-refractivity contribution in [3.8, 4) is 0 Å². The lowest BCUT2D eigenvalue weighted by molar-refractivity contribution is -0.149. The van der Waals surface area contributed by atoms with E-state index in [1.807, 2.05) is 0 Å². The van der Waals surface area contributed by atoms with Crippen molar-refractivity contribution in [2.45, 2.75) is 17.9 Å². The van der Waals surface area contributed by atoms with Crippen LogP contribution in [0.4, 0.5) is 10.1 Å². The number of esters is 1. The molecule has 0 saturated heterocycles. The number of benzene rings is 2. The van der Waals surface area contributed by atoms with Crippen LogP contribution in [0.1, 0.15) is 6.92 Å². The summed E-state index contributed by atoms with van der Waals surface area (Å²) < 4.78 is 44.3. The number of para-hydroxylation sites is 1. The Bertz CT molecular complexity index is 901. The van der Waals surface area contributed by atoms with E-state index in [2.05, 4.69) is 4.72 Å². The molecule has 2 rings (SSSR count). The number of ether oxygens (including phenoxy) is 1. The van der Waals surface area contributed by atoms with Crippen LogP contribution in [0.2, 0.25) is 0 Å². The molecule has 0 radical (unpaired) electrons. The molecule has 0 heterocycles. The molecule has 0 aliphatic rings. The minimum atomic E-state index is -4.03. The Labute approximate surface area is 156 Å². The zero-order valence-corrected chi connectivity index (χ0v) is 15.6. The SMILES string of the molecule is C[C@H](NS(=O)(=O)c1ccc(F)cc1)C(=O)OCC(=O)N(C)c1ccccc1. The molecule has 0 unspecified atom stereocenters. The molecule has 2 aromatic carbocycles. The Kier molecular flexibility index (Phi) is 6.65. The van der Waals surface area contributed by atoms with Gasteiger partial charge in [-0.3, -0.25) is 9.59 Å². The first-order valence-electron chi connectivity index (χ1n) is 7.97. The van der Waals surface area contributed by atoms with Crippen LogP contribution in [0, 0.1) is 5.82 Å². The normalized spacial score (nSPS) is 12.3. The van der Waals surface area contributed by atoms with Gasteiger partial charge in [-0.2, -0.15) is 4.72 Å². The molecule has 0 bridgehead atoms. The van der Waals surface area contributed by atoms with Crippen LogP contribution in [-0.2, 0) is 24.3 Å². The lowest BCUT2D eigenvalue weighted by atomic mass is 10.3. The van der Waals surface area contributed by atoms with E-state index in [1.54, 1.807) is 30.3 Å². The van der Waals surface area contributed by atoms with Gasteiger partial charge < -0.3 is 9.64 Å². The van der Waals surface area contributed by atoms with E-state index in [0.717, 1.165) is 24.3 Å². The molecule has 0 fully saturated rings. The topological polar surface area (TPSA) is 92.8 Å². The van der Waals surface area contributed by atoms with Crippen LogP contribution >= 0.6 is 0 Å². The molecule has 1 N–H and O–H groups in total. The van der Waals surface area contributed by atoms with Crippen LogP contribution in [-0.4, -0.2) is 40.0 Å². The lowest BCUT2D eigenvalue weighted by Gasteiger charge is -2.18. The maximum atomic E-state index is 12.9. The fourth-order valence-corrected chi connectivity index (χ4v) is 3.31. The Morgan fingerprint density at radius 3 is 2.30 bits per heavy atom. The van der Waals surface area contributed by atoms with Gasteiger partial charge in [0.25, 0.3) is 5.91 Å². The number of amides is 1. The molecule has 0 aliphatic carbocycles. The predicted octanol–water partition coefficient (Wildman–Crippen LogP) is 1.70. The van der Waals surface area contributed by atoms with Gasteiger partial charge in [-0.25, -0.2) is 12.8 Å². The number of carbonyl (C=O) groups is 2. The minimum Gasteiger partial charge on any atom is -0.454 e. The first-order valence-corrected chi connectivity index (χ1v) is 9.45. The van der Waals surface area contributed by atoms with Crippen LogP contribution in [0.3, 0.4) is 0 Å². The van der Waals surface area contributed by atoms with E-state index in [0.29, 0.717) is 5.69 Å². The molecule has 1 amide bonds. The van der Waals surface area contributed by atoms with Gasteiger partial charge >= 0.3 is 5.97 Å². The summed E-state index contributed by atoms with van der Waals surface area (Å²) in [6, 6.07) is 11.7. The number of hydrogen-bond acceptors (Lipinski definition) is 5. The Morgan fingerprint density at radius 2 is 1.70 bits per heavy atom. The van der Waals surface area contributed by atoms with Gasteiger partial charge in [0, 0.05) is 12.7 Å².